The Kier molecular flexibility index (Phi) is 4.67. The molecule has 0 radical (unpaired) electrons. The van der Waals surface area contributed by atoms with E-state index in [4.69, 9.17) is 4.74 Å². The number of aromatic amines is 1. The lowest BCUT2D eigenvalue weighted by Gasteiger charge is -2.20. The summed E-state index contributed by atoms with van der Waals surface area (Å²) in [6, 6.07) is -0.256. The van der Waals surface area contributed by atoms with E-state index in [1.807, 2.05) is 13.8 Å². The second-order valence-corrected chi connectivity index (χ2v) is 5.94. The van der Waals surface area contributed by atoms with Crippen molar-refractivity contribution in [1.82, 2.24) is 14.7 Å². The topological polar surface area (TPSA) is 84.1 Å². The highest BCUT2D eigenvalue weighted by atomic mass is 32.2. The Hall–Kier alpha value is -0.920. The van der Waals surface area contributed by atoms with E-state index >= 15 is 0 Å². The minimum atomic E-state index is -3.55. The molecule has 0 spiro atoms. The van der Waals surface area contributed by atoms with Crippen molar-refractivity contribution in [3.05, 3.63) is 12.0 Å². The molecule has 1 rings (SSSR count). The molecule has 0 aliphatic heterocycles. The number of aryl methyl sites for hydroxylation is 1. The van der Waals surface area contributed by atoms with E-state index in [1.165, 1.54) is 6.20 Å². The van der Waals surface area contributed by atoms with Crippen LogP contribution in [0.4, 0.5) is 0 Å². The Bertz CT molecular complexity index is 453. The highest BCUT2D eigenvalue weighted by Crippen LogP contribution is 2.09. The number of ether oxygens (including phenoxy) is 1. The van der Waals surface area contributed by atoms with Crippen molar-refractivity contribution in [2.75, 3.05) is 13.7 Å². The standard InChI is InChI=1S/C10H19N3O3S/c1-7(2)9(6-16-4)13-17(14,15)10-5-11-8(3)12-10/h5,7,9,13H,6H2,1-4H3,(H,11,12). The molecule has 0 aromatic carbocycles. The maximum atomic E-state index is 12.0. The first kappa shape index (κ1) is 14.1. The first-order valence-corrected chi connectivity index (χ1v) is 6.88. The van der Waals surface area contributed by atoms with Gasteiger partial charge in [0.25, 0.3) is 10.0 Å². The molecule has 1 atom stereocenters. The quantitative estimate of drug-likeness (QED) is 0.788. The van der Waals surface area contributed by atoms with Gasteiger partial charge in [-0.1, -0.05) is 13.8 Å². The normalized spacial score (nSPS) is 14.2. The van der Waals surface area contributed by atoms with Crippen molar-refractivity contribution < 1.29 is 13.2 Å². The summed E-state index contributed by atoms with van der Waals surface area (Å²) in [5.41, 5.74) is 0. The minimum absolute atomic E-state index is 0.0803. The van der Waals surface area contributed by atoms with Crippen molar-refractivity contribution >= 4 is 10.0 Å². The number of rotatable bonds is 6. The van der Waals surface area contributed by atoms with Gasteiger partial charge in [-0.2, -0.15) is 0 Å². The molecular formula is C10H19N3O3S. The number of imidazole rings is 1. The van der Waals surface area contributed by atoms with E-state index in [-0.39, 0.29) is 17.0 Å². The number of hydrogen-bond acceptors (Lipinski definition) is 4. The van der Waals surface area contributed by atoms with Gasteiger partial charge in [-0.05, 0) is 12.8 Å². The van der Waals surface area contributed by atoms with Gasteiger partial charge >= 0.3 is 0 Å². The van der Waals surface area contributed by atoms with Crippen LogP contribution >= 0.6 is 0 Å². The molecule has 1 unspecified atom stereocenters. The molecule has 0 fully saturated rings. The van der Waals surface area contributed by atoms with Crippen LogP contribution in [0.1, 0.15) is 19.7 Å². The molecule has 2 N–H and O–H groups in total. The number of aromatic nitrogens is 2. The lowest BCUT2D eigenvalue weighted by molar-refractivity contribution is 0.157. The number of nitrogens with zero attached hydrogens (tertiary/aromatic N) is 1. The Morgan fingerprint density at radius 2 is 2.18 bits per heavy atom. The summed E-state index contributed by atoms with van der Waals surface area (Å²) >= 11 is 0. The predicted molar refractivity (Wildman–Crippen MR) is 64.1 cm³/mol. The van der Waals surface area contributed by atoms with E-state index in [1.54, 1.807) is 14.0 Å². The number of nitrogens with one attached hydrogen (secondary N) is 2. The average Bonchev–Trinajstić information content (AvgIpc) is 2.64. The summed E-state index contributed by atoms with van der Waals surface area (Å²) in [7, 11) is -2.01. The third-order valence-electron chi connectivity index (χ3n) is 2.43. The maximum Gasteiger partial charge on any atom is 0.257 e. The fourth-order valence-corrected chi connectivity index (χ4v) is 2.68. The summed E-state index contributed by atoms with van der Waals surface area (Å²) in [5.74, 6) is 0.715. The first-order valence-electron chi connectivity index (χ1n) is 5.39. The number of methoxy groups -OCH3 is 1. The fraction of sp³-hybridized carbons (Fsp3) is 0.700. The van der Waals surface area contributed by atoms with E-state index in [0.717, 1.165) is 0 Å². The SMILES string of the molecule is COCC(NS(=O)(=O)c1cnc(C)[nH]1)C(C)C. The van der Waals surface area contributed by atoms with Crippen LogP contribution in [0.15, 0.2) is 11.2 Å². The molecule has 0 aliphatic rings. The van der Waals surface area contributed by atoms with E-state index in [2.05, 4.69) is 14.7 Å². The fourth-order valence-electron chi connectivity index (χ4n) is 1.34. The van der Waals surface area contributed by atoms with Gasteiger partial charge in [-0.15, -0.1) is 0 Å². The van der Waals surface area contributed by atoms with Crippen LogP contribution in [-0.2, 0) is 14.8 Å². The van der Waals surface area contributed by atoms with Gasteiger partial charge in [0.05, 0.1) is 12.8 Å². The van der Waals surface area contributed by atoms with Crippen molar-refractivity contribution in [2.45, 2.75) is 31.8 Å². The summed E-state index contributed by atoms with van der Waals surface area (Å²) in [6.07, 6.45) is 1.31. The molecule has 98 valence electrons. The minimum Gasteiger partial charge on any atom is -0.383 e. The highest BCUT2D eigenvalue weighted by molar-refractivity contribution is 7.89. The largest absolute Gasteiger partial charge is 0.383 e. The molecule has 1 heterocycles. The third kappa shape index (κ3) is 3.79. The second kappa shape index (κ2) is 5.61. The van der Waals surface area contributed by atoms with Crippen LogP contribution in [-0.4, -0.2) is 38.1 Å². The van der Waals surface area contributed by atoms with Gasteiger partial charge in [-0.3, -0.25) is 0 Å². The van der Waals surface area contributed by atoms with Crippen LogP contribution < -0.4 is 4.72 Å². The predicted octanol–water partition coefficient (Wildman–Crippen LogP) is 0.667. The molecule has 17 heavy (non-hydrogen) atoms. The zero-order valence-electron chi connectivity index (χ0n) is 10.5. The summed E-state index contributed by atoms with van der Waals surface area (Å²) in [5, 5.41) is 0.0803. The van der Waals surface area contributed by atoms with Gasteiger partial charge in [0.15, 0.2) is 5.03 Å². The van der Waals surface area contributed by atoms with Crippen LogP contribution in [0, 0.1) is 12.8 Å². The van der Waals surface area contributed by atoms with Crippen molar-refractivity contribution in [3.8, 4) is 0 Å². The van der Waals surface area contributed by atoms with E-state index in [0.29, 0.717) is 12.4 Å². The van der Waals surface area contributed by atoms with Crippen LogP contribution in [0.5, 0.6) is 0 Å². The second-order valence-electron chi connectivity index (χ2n) is 4.26. The van der Waals surface area contributed by atoms with Gasteiger partial charge in [-0.25, -0.2) is 18.1 Å². The monoisotopic (exact) mass is 261 g/mol. The van der Waals surface area contributed by atoms with E-state index < -0.39 is 10.0 Å². The van der Waals surface area contributed by atoms with Crippen molar-refractivity contribution in [1.29, 1.82) is 0 Å². The highest BCUT2D eigenvalue weighted by Gasteiger charge is 2.23. The molecule has 1 aromatic heterocycles. The van der Waals surface area contributed by atoms with Crippen LogP contribution in [0.2, 0.25) is 0 Å². The summed E-state index contributed by atoms with van der Waals surface area (Å²) in [4.78, 5) is 6.58. The Morgan fingerprint density at radius 3 is 2.59 bits per heavy atom. The van der Waals surface area contributed by atoms with Gasteiger partial charge in [0.2, 0.25) is 0 Å². The van der Waals surface area contributed by atoms with Gasteiger partial charge in [0, 0.05) is 13.2 Å². The molecule has 0 saturated carbocycles. The molecule has 0 saturated heterocycles. The Balaban J connectivity index is 2.84. The molecular weight excluding hydrogens is 242 g/mol. The smallest absolute Gasteiger partial charge is 0.257 e. The number of H-pyrrole nitrogens is 1. The van der Waals surface area contributed by atoms with Gasteiger partial charge in [0.1, 0.15) is 5.82 Å². The van der Waals surface area contributed by atoms with Crippen LogP contribution in [0.25, 0.3) is 0 Å². The molecule has 1 aromatic rings. The molecule has 7 heteroatoms. The molecule has 0 aliphatic carbocycles. The molecule has 6 nitrogen and oxygen atoms in total. The lowest BCUT2D eigenvalue weighted by atomic mass is 10.1. The third-order valence-corrected chi connectivity index (χ3v) is 3.83. The molecule has 0 bridgehead atoms. The first-order chi connectivity index (χ1) is 7.86. The molecule has 0 amide bonds. The average molecular weight is 261 g/mol. The zero-order chi connectivity index (χ0) is 13.1. The van der Waals surface area contributed by atoms with Gasteiger partial charge < -0.3 is 9.72 Å². The number of hydrogen-bond donors (Lipinski definition) is 2. The Morgan fingerprint density at radius 1 is 1.53 bits per heavy atom. The Labute approximate surface area is 102 Å². The van der Waals surface area contributed by atoms with Crippen LogP contribution in [0.3, 0.4) is 0 Å². The summed E-state index contributed by atoms with van der Waals surface area (Å²) < 4.78 is 31.6. The van der Waals surface area contributed by atoms with Crippen molar-refractivity contribution in [2.24, 2.45) is 5.92 Å². The van der Waals surface area contributed by atoms with Crippen molar-refractivity contribution in [3.63, 3.8) is 0 Å². The zero-order valence-corrected chi connectivity index (χ0v) is 11.3. The number of sulfonamides is 1. The maximum absolute atomic E-state index is 12.0. The van der Waals surface area contributed by atoms with E-state index in [9.17, 15) is 8.42 Å². The lowest BCUT2D eigenvalue weighted by Crippen LogP contribution is -2.41. The summed E-state index contributed by atoms with van der Waals surface area (Å²) in [6.45, 7) is 5.91.